The van der Waals surface area contributed by atoms with Crippen LogP contribution in [0.15, 0.2) is 109 Å². The van der Waals surface area contributed by atoms with Crippen LogP contribution in [0.5, 0.6) is 17.2 Å². The Bertz CT molecular complexity index is 2020. The van der Waals surface area contributed by atoms with Gasteiger partial charge in [-0.25, -0.2) is 4.79 Å². The van der Waals surface area contributed by atoms with Crippen LogP contribution in [-0.2, 0) is 25.7 Å². The molecule has 3 N–H and O–H groups in total. The van der Waals surface area contributed by atoms with Crippen molar-refractivity contribution in [1.29, 1.82) is 0 Å². The number of allylic oxidation sites excluding steroid dienone is 1. The molecule has 1 saturated carbocycles. The van der Waals surface area contributed by atoms with Gasteiger partial charge in [0.05, 0.1) is 44.7 Å². The molecule has 0 aromatic heterocycles. The van der Waals surface area contributed by atoms with E-state index in [1.54, 1.807) is 17.1 Å². The molecule has 3 aromatic carbocycles. The van der Waals surface area contributed by atoms with E-state index < -0.39 is 23.8 Å². The van der Waals surface area contributed by atoms with Crippen molar-refractivity contribution in [1.82, 2.24) is 4.90 Å². The highest BCUT2D eigenvalue weighted by molar-refractivity contribution is 6.03. The Morgan fingerprint density at radius 3 is 2.38 bits per heavy atom. The predicted molar refractivity (Wildman–Crippen MR) is 243 cm³/mol. The van der Waals surface area contributed by atoms with Gasteiger partial charge in [-0.2, -0.15) is 0 Å². The third-order valence-electron chi connectivity index (χ3n) is 12.5. The maximum Gasteiger partial charge on any atom is 0.410 e. The molecule has 2 aliphatic carbocycles. The van der Waals surface area contributed by atoms with E-state index in [1.807, 2.05) is 54.6 Å². The van der Waals surface area contributed by atoms with E-state index in [0.29, 0.717) is 36.5 Å². The first-order valence-corrected chi connectivity index (χ1v) is 22.5. The quantitative estimate of drug-likeness (QED) is 0.0428. The fourth-order valence-corrected chi connectivity index (χ4v) is 9.40. The highest BCUT2D eigenvalue weighted by atomic mass is 16.7. The van der Waals surface area contributed by atoms with Crippen LogP contribution in [-0.4, -0.2) is 96.6 Å². The summed E-state index contributed by atoms with van der Waals surface area (Å²) in [6, 6.07) is 21.0. The summed E-state index contributed by atoms with van der Waals surface area (Å²) < 4.78 is 32.7. The Labute approximate surface area is 372 Å². The molecular weight excluding hydrogens is 801 g/mol. The molecule has 340 valence electrons. The summed E-state index contributed by atoms with van der Waals surface area (Å²) in [4.78, 5) is 22.3. The van der Waals surface area contributed by atoms with Gasteiger partial charge in [-0.3, -0.25) is 4.90 Å². The fourth-order valence-electron chi connectivity index (χ4n) is 9.40. The van der Waals surface area contributed by atoms with Crippen molar-refractivity contribution in [2.75, 3.05) is 52.8 Å². The Kier molecular flexibility index (Phi) is 17.8. The SMILES string of the molecule is C=CCCOC(=O)N(CCOCCO)[C@H]1CC(=NOCc2ccccc2)C2=C[C@H](CCCCO)[C@@H](CCCCO)[C@@H]3c4cc(Oc5ccc(C)c(C)c5)ccc4O[C@@]1(OCC=C)[C@H]23. The van der Waals surface area contributed by atoms with Crippen LogP contribution in [0.3, 0.4) is 0 Å². The third kappa shape index (κ3) is 11.6. The average Bonchev–Trinajstić information content (AvgIpc) is 3.29. The number of amides is 1. The molecule has 1 fully saturated rings. The summed E-state index contributed by atoms with van der Waals surface area (Å²) in [5.41, 5.74) is 5.79. The van der Waals surface area contributed by atoms with Crippen molar-refractivity contribution >= 4 is 11.8 Å². The minimum absolute atomic E-state index is 0.0290. The lowest BCUT2D eigenvalue weighted by molar-refractivity contribution is -0.256. The monoisotopic (exact) mass is 866 g/mol. The summed E-state index contributed by atoms with van der Waals surface area (Å²) >= 11 is 0. The lowest BCUT2D eigenvalue weighted by Crippen LogP contribution is -2.70. The fraction of sp³-hybridized carbons (Fsp3) is 0.490. The van der Waals surface area contributed by atoms with Crippen molar-refractivity contribution in [2.24, 2.45) is 22.9 Å². The average molecular weight is 867 g/mol. The standard InChI is InChI=1S/C51H66N2O10/c1-5-7-28-59-50(57)53(23-29-58-30-26-56)47-34-45(52-61-35-38-15-9-8-10-16-38)43-32-39(17-11-13-24-54)42(18-12-14-25-55)48-44-33-41(62-40-20-19-36(3)37(4)31-40)21-22-46(44)63-51(47,49(43)48)60-27-6-2/h5-6,8-10,15-16,19-22,31-33,39,42,47-49,54-56H,1-2,7,11-14,17-18,23-30,34-35H2,3-4H3/t39-,42+,47-,48+,49+,51+/m0/s1. The first-order chi connectivity index (χ1) is 30.8. The summed E-state index contributed by atoms with van der Waals surface area (Å²) in [6.07, 6.45) is 10.3. The summed E-state index contributed by atoms with van der Waals surface area (Å²) in [6.45, 7) is 12.8. The largest absolute Gasteiger partial charge is 0.459 e. The molecule has 3 aromatic rings. The van der Waals surface area contributed by atoms with Gasteiger partial charge in [0.15, 0.2) is 0 Å². The van der Waals surface area contributed by atoms with E-state index in [4.69, 9.17) is 33.7 Å². The van der Waals surface area contributed by atoms with Crippen LogP contribution >= 0.6 is 0 Å². The van der Waals surface area contributed by atoms with Gasteiger partial charge in [-0.15, -0.1) is 13.2 Å². The molecule has 12 heteroatoms. The number of hydrogen-bond donors (Lipinski definition) is 3. The number of hydrogen-bond acceptors (Lipinski definition) is 11. The smallest absolute Gasteiger partial charge is 0.410 e. The van der Waals surface area contributed by atoms with Gasteiger partial charge < -0.3 is 43.8 Å². The van der Waals surface area contributed by atoms with Gasteiger partial charge in [-0.05, 0) is 110 Å². The number of benzene rings is 3. The molecule has 6 atom stereocenters. The normalized spacial score (nSPS) is 22.8. The van der Waals surface area contributed by atoms with Gasteiger partial charge in [0.1, 0.15) is 29.9 Å². The second-order valence-corrected chi connectivity index (χ2v) is 16.6. The minimum Gasteiger partial charge on any atom is -0.459 e. The Morgan fingerprint density at radius 2 is 1.65 bits per heavy atom. The van der Waals surface area contributed by atoms with Gasteiger partial charge >= 0.3 is 6.09 Å². The van der Waals surface area contributed by atoms with Crippen LogP contribution in [0.4, 0.5) is 4.79 Å². The lowest BCUT2D eigenvalue weighted by Gasteiger charge is -2.59. The Morgan fingerprint density at radius 1 is 0.889 bits per heavy atom. The van der Waals surface area contributed by atoms with Crippen molar-refractivity contribution < 1.29 is 48.6 Å². The number of fused-ring (bicyclic) bond motifs is 2. The summed E-state index contributed by atoms with van der Waals surface area (Å²) in [7, 11) is 0. The van der Waals surface area contributed by atoms with Crippen LogP contribution < -0.4 is 9.47 Å². The molecule has 1 aliphatic heterocycles. The first-order valence-electron chi connectivity index (χ1n) is 22.5. The molecule has 12 nitrogen and oxygen atoms in total. The molecule has 0 saturated heterocycles. The van der Waals surface area contributed by atoms with Gasteiger partial charge in [0.25, 0.3) is 0 Å². The number of ether oxygens (including phenoxy) is 5. The second kappa shape index (κ2) is 23.6. The number of rotatable bonds is 25. The zero-order valence-corrected chi connectivity index (χ0v) is 37.0. The van der Waals surface area contributed by atoms with Crippen LogP contribution in [0.1, 0.15) is 79.5 Å². The number of aliphatic hydroxyl groups is 3. The third-order valence-corrected chi connectivity index (χ3v) is 12.5. The zero-order valence-electron chi connectivity index (χ0n) is 37.0. The maximum absolute atomic E-state index is 14.5. The zero-order chi connectivity index (χ0) is 44.6. The molecule has 3 aliphatic rings. The summed E-state index contributed by atoms with van der Waals surface area (Å²) in [5.74, 6) is -0.170. The molecule has 0 unspecified atom stereocenters. The molecular formula is C51H66N2O10. The van der Waals surface area contributed by atoms with Crippen molar-refractivity contribution in [3.8, 4) is 17.2 Å². The number of unbranched alkanes of at least 4 members (excludes halogenated alkanes) is 2. The first kappa shape index (κ1) is 47.5. The number of carbonyl (C=O) groups excluding carboxylic acids is 1. The van der Waals surface area contributed by atoms with Crippen LogP contribution in [0.2, 0.25) is 0 Å². The van der Waals surface area contributed by atoms with Crippen LogP contribution in [0, 0.1) is 31.6 Å². The van der Waals surface area contributed by atoms with E-state index in [9.17, 15) is 20.1 Å². The predicted octanol–water partition coefficient (Wildman–Crippen LogP) is 8.95. The Hall–Kier alpha value is -4.98. The number of aryl methyl sites for hydroxylation is 2. The highest BCUT2D eigenvalue weighted by Gasteiger charge is 2.65. The molecule has 6 rings (SSSR count). The van der Waals surface area contributed by atoms with Gasteiger partial charge in [0, 0.05) is 37.7 Å². The summed E-state index contributed by atoms with van der Waals surface area (Å²) in [5, 5.41) is 34.4. The number of nitrogens with zero attached hydrogens (tertiary/aromatic N) is 2. The maximum atomic E-state index is 14.5. The number of oxime groups is 1. The lowest BCUT2D eigenvalue weighted by atomic mass is 9.55. The molecule has 1 heterocycles. The van der Waals surface area contributed by atoms with Crippen molar-refractivity contribution in [3.63, 3.8) is 0 Å². The molecule has 0 spiro atoms. The van der Waals surface area contributed by atoms with Crippen molar-refractivity contribution in [2.45, 2.75) is 89.6 Å². The van der Waals surface area contributed by atoms with E-state index in [-0.39, 0.29) is 83.6 Å². The van der Waals surface area contributed by atoms with Gasteiger partial charge in [0.2, 0.25) is 5.79 Å². The Balaban J connectivity index is 1.57. The number of carbonyl (C=O) groups is 1. The number of aliphatic hydroxyl groups excluding tert-OH is 3. The minimum atomic E-state index is -1.48. The van der Waals surface area contributed by atoms with E-state index in [2.05, 4.69) is 45.2 Å². The van der Waals surface area contributed by atoms with E-state index in [1.165, 1.54) is 5.56 Å². The molecule has 1 amide bonds. The van der Waals surface area contributed by atoms with Gasteiger partial charge in [-0.1, -0.05) is 72.6 Å². The van der Waals surface area contributed by atoms with Crippen LogP contribution in [0.25, 0.3) is 0 Å². The molecule has 0 radical (unpaired) electrons. The highest BCUT2D eigenvalue weighted by Crippen LogP contribution is 2.62. The topological polar surface area (TPSA) is 149 Å². The second-order valence-electron chi connectivity index (χ2n) is 16.6. The molecule has 63 heavy (non-hydrogen) atoms. The molecule has 0 bridgehead atoms. The van der Waals surface area contributed by atoms with E-state index in [0.717, 1.165) is 53.7 Å². The van der Waals surface area contributed by atoms with E-state index >= 15 is 0 Å². The van der Waals surface area contributed by atoms with Crippen molar-refractivity contribution in [3.05, 3.63) is 126 Å².